The lowest BCUT2D eigenvalue weighted by molar-refractivity contribution is 0.921. The molecule has 0 saturated heterocycles. The summed E-state index contributed by atoms with van der Waals surface area (Å²) in [6, 6.07) is 6.47. The first-order valence-electron chi connectivity index (χ1n) is 5.35. The van der Waals surface area contributed by atoms with E-state index in [4.69, 9.17) is 0 Å². The molecule has 1 aromatic carbocycles. The number of amidine groups is 1. The van der Waals surface area contributed by atoms with Crippen LogP contribution >= 0.6 is 0 Å². The zero-order chi connectivity index (χ0) is 10.8. The third-order valence-corrected chi connectivity index (χ3v) is 2.55. The summed E-state index contributed by atoms with van der Waals surface area (Å²) in [5.41, 5.74) is 4.46. The second-order valence-electron chi connectivity index (χ2n) is 3.90. The molecule has 0 fully saturated rings. The summed E-state index contributed by atoms with van der Waals surface area (Å²) in [5, 5.41) is 3.25. The average molecular weight is 200 g/mol. The third-order valence-electron chi connectivity index (χ3n) is 2.55. The van der Waals surface area contributed by atoms with Gasteiger partial charge in [0.05, 0.1) is 5.70 Å². The summed E-state index contributed by atoms with van der Waals surface area (Å²) in [6.45, 7) is 8.12. The maximum absolute atomic E-state index is 4.34. The van der Waals surface area contributed by atoms with Gasteiger partial charge in [0, 0.05) is 11.3 Å². The number of fused-ring (bicyclic) bond motifs is 1. The second-order valence-corrected chi connectivity index (χ2v) is 3.90. The van der Waals surface area contributed by atoms with Crippen molar-refractivity contribution in [3.63, 3.8) is 0 Å². The highest BCUT2D eigenvalue weighted by atomic mass is 15.0. The number of anilines is 1. The van der Waals surface area contributed by atoms with Gasteiger partial charge in [-0.15, -0.1) is 0 Å². The first-order valence-corrected chi connectivity index (χ1v) is 5.35. The average Bonchev–Trinajstić information content (AvgIpc) is 2.19. The molecule has 2 rings (SSSR count). The minimum atomic E-state index is 0.860. The van der Waals surface area contributed by atoms with Gasteiger partial charge >= 0.3 is 0 Å². The van der Waals surface area contributed by atoms with E-state index in [2.05, 4.69) is 42.0 Å². The molecule has 15 heavy (non-hydrogen) atoms. The van der Waals surface area contributed by atoms with E-state index in [1.807, 2.05) is 6.92 Å². The van der Waals surface area contributed by atoms with Crippen LogP contribution in [0.2, 0.25) is 0 Å². The maximum atomic E-state index is 4.34. The Labute approximate surface area is 90.7 Å². The molecule has 1 heterocycles. The predicted octanol–water partition coefficient (Wildman–Crippen LogP) is 3.45. The molecule has 1 aromatic rings. The van der Waals surface area contributed by atoms with Gasteiger partial charge in [0.1, 0.15) is 5.84 Å². The van der Waals surface area contributed by atoms with Crippen molar-refractivity contribution >= 4 is 17.2 Å². The van der Waals surface area contributed by atoms with Gasteiger partial charge in [0.15, 0.2) is 0 Å². The Morgan fingerprint density at radius 3 is 2.93 bits per heavy atom. The summed E-state index contributed by atoms with van der Waals surface area (Å²) < 4.78 is 0. The molecule has 2 heteroatoms. The second kappa shape index (κ2) is 3.89. The molecule has 0 saturated carbocycles. The first-order chi connectivity index (χ1) is 7.20. The van der Waals surface area contributed by atoms with Crippen LogP contribution < -0.4 is 5.32 Å². The quantitative estimate of drug-likeness (QED) is 0.776. The molecule has 1 aliphatic heterocycles. The van der Waals surface area contributed by atoms with Crippen LogP contribution in [0.3, 0.4) is 0 Å². The monoisotopic (exact) mass is 200 g/mol. The zero-order valence-electron chi connectivity index (χ0n) is 9.30. The fourth-order valence-corrected chi connectivity index (χ4v) is 1.87. The Kier molecular flexibility index (Phi) is 2.58. The summed E-state index contributed by atoms with van der Waals surface area (Å²) in [7, 11) is 0. The molecule has 0 unspecified atom stereocenters. The third kappa shape index (κ3) is 1.94. The smallest absolute Gasteiger partial charge is 0.103 e. The van der Waals surface area contributed by atoms with Crippen molar-refractivity contribution < 1.29 is 0 Å². The van der Waals surface area contributed by atoms with Crippen LogP contribution in [0.15, 0.2) is 29.8 Å². The van der Waals surface area contributed by atoms with Gasteiger partial charge in [-0.2, -0.15) is 0 Å². The Morgan fingerprint density at radius 2 is 2.20 bits per heavy atom. The van der Waals surface area contributed by atoms with Gasteiger partial charge in [-0.05, 0) is 31.0 Å². The van der Waals surface area contributed by atoms with Crippen molar-refractivity contribution in [3.8, 4) is 0 Å². The Morgan fingerprint density at radius 1 is 1.40 bits per heavy atom. The molecule has 0 aromatic heterocycles. The van der Waals surface area contributed by atoms with E-state index in [1.165, 1.54) is 12.0 Å². The number of aliphatic imine (C=N–C) groups is 1. The summed E-state index contributed by atoms with van der Waals surface area (Å²) in [4.78, 5) is 4.34. The van der Waals surface area contributed by atoms with E-state index in [1.54, 1.807) is 0 Å². The van der Waals surface area contributed by atoms with E-state index in [-0.39, 0.29) is 0 Å². The van der Waals surface area contributed by atoms with Crippen LogP contribution in [0.25, 0.3) is 5.70 Å². The number of nitrogens with zero attached hydrogens (tertiary/aromatic N) is 1. The zero-order valence-corrected chi connectivity index (χ0v) is 9.30. The Hall–Kier alpha value is -1.57. The summed E-state index contributed by atoms with van der Waals surface area (Å²) >= 11 is 0. The van der Waals surface area contributed by atoms with E-state index in [0.29, 0.717) is 0 Å². The topological polar surface area (TPSA) is 24.4 Å². The molecule has 0 aliphatic carbocycles. The number of hydrogen-bond donors (Lipinski definition) is 1. The van der Waals surface area contributed by atoms with Crippen LogP contribution in [-0.4, -0.2) is 5.84 Å². The molecule has 0 atom stereocenters. The van der Waals surface area contributed by atoms with Crippen LogP contribution in [0.4, 0.5) is 5.69 Å². The normalized spacial score (nSPS) is 14.3. The minimum absolute atomic E-state index is 0.860. The molecular weight excluding hydrogens is 184 g/mol. The lowest BCUT2D eigenvalue weighted by atomic mass is 10.0. The number of hydrogen-bond acceptors (Lipinski definition) is 2. The Bertz CT molecular complexity index is 430. The fraction of sp³-hybridized carbons (Fsp3) is 0.308. The number of benzene rings is 1. The van der Waals surface area contributed by atoms with Gasteiger partial charge in [-0.25, -0.2) is 4.99 Å². The number of nitrogens with one attached hydrogen (secondary N) is 1. The molecule has 1 N–H and O–H groups in total. The fourth-order valence-electron chi connectivity index (χ4n) is 1.87. The Balaban J connectivity index is 2.39. The highest BCUT2D eigenvalue weighted by Gasteiger charge is 2.12. The lowest BCUT2D eigenvalue weighted by Crippen LogP contribution is -2.13. The van der Waals surface area contributed by atoms with E-state index >= 15 is 0 Å². The summed E-state index contributed by atoms with van der Waals surface area (Å²) in [6.07, 6.45) is 2.28. The van der Waals surface area contributed by atoms with Gasteiger partial charge < -0.3 is 5.32 Å². The molecule has 2 nitrogen and oxygen atoms in total. The van der Waals surface area contributed by atoms with Crippen molar-refractivity contribution in [1.82, 2.24) is 0 Å². The molecule has 0 bridgehead atoms. The van der Waals surface area contributed by atoms with Crippen molar-refractivity contribution in [1.29, 1.82) is 0 Å². The summed E-state index contributed by atoms with van der Waals surface area (Å²) in [5.74, 6) is 0.913. The maximum Gasteiger partial charge on any atom is 0.103 e. The van der Waals surface area contributed by atoms with Crippen LogP contribution in [-0.2, 0) is 6.42 Å². The van der Waals surface area contributed by atoms with Crippen molar-refractivity contribution in [2.24, 2.45) is 4.99 Å². The minimum Gasteiger partial charge on any atom is -0.343 e. The van der Waals surface area contributed by atoms with E-state index in [9.17, 15) is 0 Å². The van der Waals surface area contributed by atoms with Crippen molar-refractivity contribution in [3.05, 3.63) is 35.9 Å². The van der Waals surface area contributed by atoms with Crippen LogP contribution in [0.1, 0.15) is 31.4 Å². The SMILES string of the molecule is C=C1N=C(C)Nc2ccc(CCC)cc21. The van der Waals surface area contributed by atoms with Gasteiger partial charge in [-0.1, -0.05) is 26.0 Å². The molecule has 1 aliphatic rings. The molecule has 0 spiro atoms. The standard InChI is InChI=1S/C13H16N2/c1-4-5-11-6-7-13-12(8-11)9(2)14-10(3)15-13/h6-8H,2,4-5H2,1,3H3,(H,14,15). The van der Waals surface area contributed by atoms with E-state index < -0.39 is 0 Å². The van der Waals surface area contributed by atoms with Crippen LogP contribution in [0, 0.1) is 0 Å². The molecular formula is C13H16N2. The predicted molar refractivity (Wildman–Crippen MR) is 66.2 cm³/mol. The van der Waals surface area contributed by atoms with Crippen LogP contribution in [0.5, 0.6) is 0 Å². The lowest BCUT2D eigenvalue weighted by Gasteiger charge is -2.18. The number of aryl methyl sites for hydroxylation is 1. The highest BCUT2D eigenvalue weighted by molar-refractivity contribution is 6.03. The van der Waals surface area contributed by atoms with E-state index in [0.717, 1.165) is 29.2 Å². The number of rotatable bonds is 2. The van der Waals surface area contributed by atoms with Crippen molar-refractivity contribution in [2.45, 2.75) is 26.7 Å². The largest absolute Gasteiger partial charge is 0.343 e. The molecule has 0 radical (unpaired) electrons. The van der Waals surface area contributed by atoms with Gasteiger partial charge in [-0.3, -0.25) is 0 Å². The van der Waals surface area contributed by atoms with Crippen molar-refractivity contribution in [2.75, 3.05) is 5.32 Å². The van der Waals surface area contributed by atoms with Gasteiger partial charge in [0.25, 0.3) is 0 Å². The first kappa shape index (κ1) is 9.97. The molecule has 78 valence electrons. The van der Waals surface area contributed by atoms with Gasteiger partial charge in [0.2, 0.25) is 0 Å². The highest BCUT2D eigenvalue weighted by Crippen LogP contribution is 2.29. The molecule has 0 amide bonds.